The normalized spacial score (nSPS) is 18.0. The van der Waals surface area contributed by atoms with Gasteiger partial charge in [-0.15, -0.1) is 0 Å². The fourth-order valence-corrected chi connectivity index (χ4v) is 3.68. The maximum absolute atomic E-state index is 11.3. The van der Waals surface area contributed by atoms with Crippen LogP contribution in [0.5, 0.6) is 11.6 Å². The molecule has 0 atom stereocenters. The standard InChI is InChI=1S/C21H23N3O4/c22-12-15(21(25)26)11-17-20(28-16-7-1-2-8-16)23-19-18(9-4-10-24(17)19)27-13-14-5-3-6-14/h4,9-11,14,16H,1-3,5-8,13H2,(H,25,26). The highest BCUT2D eigenvalue weighted by Crippen LogP contribution is 2.33. The van der Waals surface area contributed by atoms with Crippen molar-refractivity contribution in [3.05, 3.63) is 29.6 Å². The zero-order valence-corrected chi connectivity index (χ0v) is 15.6. The van der Waals surface area contributed by atoms with E-state index in [4.69, 9.17) is 9.47 Å². The second-order valence-corrected chi connectivity index (χ2v) is 7.48. The van der Waals surface area contributed by atoms with Gasteiger partial charge >= 0.3 is 5.97 Å². The highest BCUT2D eigenvalue weighted by atomic mass is 16.5. The second kappa shape index (κ2) is 7.93. The third kappa shape index (κ3) is 3.68. The smallest absolute Gasteiger partial charge is 0.346 e. The Hall–Kier alpha value is -3.01. The molecule has 2 aliphatic rings. The van der Waals surface area contributed by atoms with Gasteiger partial charge in [0.15, 0.2) is 11.4 Å². The quantitative estimate of drug-likeness (QED) is 0.578. The van der Waals surface area contributed by atoms with E-state index < -0.39 is 5.97 Å². The van der Waals surface area contributed by atoms with Gasteiger partial charge < -0.3 is 14.6 Å². The Morgan fingerprint density at radius 1 is 1.32 bits per heavy atom. The third-order valence-electron chi connectivity index (χ3n) is 5.53. The minimum Gasteiger partial charge on any atom is -0.489 e. The van der Waals surface area contributed by atoms with Crippen molar-refractivity contribution < 1.29 is 19.4 Å². The van der Waals surface area contributed by atoms with Gasteiger partial charge in [0.05, 0.1) is 6.61 Å². The van der Waals surface area contributed by atoms with Gasteiger partial charge in [-0.25, -0.2) is 4.79 Å². The second-order valence-electron chi connectivity index (χ2n) is 7.48. The van der Waals surface area contributed by atoms with Crippen molar-refractivity contribution in [3.63, 3.8) is 0 Å². The highest BCUT2D eigenvalue weighted by molar-refractivity contribution is 5.96. The number of imidazole rings is 1. The average Bonchev–Trinajstić information content (AvgIpc) is 3.27. The van der Waals surface area contributed by atoms with E-state index >= 15 is 0 Å². The number of ether oxygens (including phenoxy) is 2. The van der Waals surface area contributed by atoms with Gasteiger partial charge in [0.1, 0.15) is 23.4 Å². The molecule has 2 heterocycles. The molecule has 28 heavy (non-hydrogen) atoms. The number of carboxylic acid groups (broad SMARTS) is 1. The number of fused-ring (bicyclic) bond motifs is 1. The maximum Gasteiger partial charge on any atom is 0.346 e. The molecule has 4 rings (SSSR count). The molecule has 2 aromatic heterocycles. The number of aromatic nitrogens is 2. The van der Waals surface area contributed by atoms with E-state index in [1.165, 1.54) is 25.3 Å². The van der Waals surface area contributed by atoms with Crippen LogP contribution in [0.4, 0.5) is 0 Å². The van der Waals surface area contributed by atoms with Crippen molar-refractivity contribution in [3.8, 4) is 17.7 Å². The lowest BCUT2D eigenvalue weighted by molar-refractivity contribution is -0.132. The molecule has 0 bridgehead atoms. The number of carboxylic acids is 1. The van der Waals surface area contributed by atoms with E-state index in [9.17, 15) is 15.2 Å². The molecule has 0 spiro atoms. The molecule has 2 aliphatic carbocycles. The highest BCUT2D eigenvalue weighted by Gasteiger charge is 2.24. The van der Waals surface area contributed by atoms with Crippen molar-refractivity contribution in [2.75, 3.05) is 6.61 Å². The van der Waals surface area contributed by atoms with Gasteiger partial charge in [-0.1, -0.05) is 6.42 Å². The summed E-state index contributed by atoms with van der Waals surface area (Å²) in [6.07, 6.45) is 10.9. The van der Waals surface area contributed by atoms with Gasteiger partial charge in [0.2, 0.25) is 5.88 Å². The number of nitrogens with zero attached hydrogens (tertiary/aromatic N) is 3. The number of rotatable bonds is 7. The van der Waals surface area contributed by atoms with Crippen molar-refractivity contribution in [1.82, 2.24) is 9.38 Å². The molecule has 0 amide bonds. The molecule has 7 nitrogen and oxygen atoms in total. The summed E-state index contributed by atoms with van der Waals surface area (Å²) in [6, 6.07) is 5.41. The van der Waals surface area contributed by atoms with Crippen molar-refractivity contribution in [2.45, 2.75) is 51.0 Å². The molecule has 2 saturated carbocycles. The summed E-state index contributed by atoms with van der Waals surface area (Å²) < 4.78 is 13.8. The molecule has 0 saturated heterocycles. The molecule has 1 N–H and O–H groups in total. The number of pyridine rings is 1. The molecule has 0 unspecified atom stereocenters. The Balaban J connectivity index is 1.74. The molecule has 2 aromatic rings. The van der Waals surface area contributed by atoms with Gasteiger partial charge in [-0.05, 0) is 62.7 Å². The predicted molar refractivity (Wildman–Crippen MR) is 102 cm³/mol. The SMILES string of the molecule is N#CC(=Cc1c(OC2CCCC2)nc2c(OCC3CCC3)cccn12)C(=O)O. The summed E-state index contributed by atoms with van der Waals surface area (Å²) >= 11 is 0. The summed E-state index contributed by atoms with van der Waals surface area (Å²) in [5, 5.41) is 18.4. The van der Waals surface area contributed by atoms with Gasteiger partial charge in [-0.3, -0.25) is 4.40 Å². The first-order chi connectivity index (χ1) is 13.7. The Labute approximate surface area is 163 Å². The monoisotopic (exact) mass is 381 g/mol. The van der Waals surface area contributed by atoms with E-state index in [1.54, 1.807) is 16.7 Å². The van der Waals surface area contributed by atoms with E-state index in [-0.39, 0.29) is 11.7 Å². The van der Waals surface area contributed by atoms with Crippen LogP contribution in [0.25, 0.3) is 11.7 Å². The zero-order chi connectivity index (χ0) is 19.5. The van der Waals surface area contributed by atoms with Crippen LogP contribution in [-0.4, -0.2) is 33.2 Å². The minimum atomic E-state index is -1.28. The van der Waals surface area contributed by atoms with Gasteiger partial charge in [0.25, 0.3) is 0 Å². The van der Waals surface area contributed by atoms with Crippen LogP contribution in [0.1, 0.15) is 50.6 Å². The lowest BCUT2D eigenvalue weighted by Crippen LogP contribution is -2.19. The van der Waals surface area contributed by atoms with Crippen LogP contribution in [0.15, 0.2) is 23.9 Å². The van der Waals surface area contributed by atoms with Gasteiger partial charge in [0, 0.05) is 6.20 Å². The Morgan fingerprint density at radius 3 is 2.75 bits per heavy atom. The Morgan fingerprint density at radius 2 is 2.11 bits per heavy atom. The topological polar surface area (TPSA) is 96.9 Å². The van der Waals surface area contributed by atoms with E-state index in [2.05, 4.69) is 4.98 Å². The molecule has 0 radical (unpaired) electrons. The number of aliphatic carboxylic acids is 1. The molecule has 2 fully saturated rings. The third-order valence-corrected chi connectivity index (χ3v) is 5.53. The molecular formula is C21H23N3O4. The van der Waals surface area contributed by atoms with E-state index in [0.717, 1.165) is 25.7 Å². The van der Waals surface area contributed by atoms with Crippen LogP contribution in [-0.2, 0) is 4.79 Å². The summed E-state index contributed by atoms with van der Waals surface area (Å²) in [5.74, 6) is 0.294. The Kier molecular flexibility index (Phi) is 5.20. The lowest BCUT2D eigenvalue weighted by Gasteiger charge is -2.25. The maximum atomic E-state index is 11.3. The van der Waals surface area contributed by atoms with Crippen LogP contribution in [0.3, 0.4) is 0 Å². The summed E-state index contributed by atoms with van der Waals surface area (Å²) in [7, 11) is 0. The molecule has 0 aliphatic heterocycles. The number of nitriles is 1. The zero-order valence-electron chi connectivity index (χ0n) is 15.6. The van der Waals surface area contributed by atoms with Crippen LogP contribution >= 0.6 is 0 Å². The van der Waals surface area contributed by atoms with Crippen LogP contribution in [0, 0.1) is 17.2 Å². The van der Waals surface area contributed by atoms with Crippen molar-refractivity contribution in [2.24, 2.45) is 5.92 Å². The fraction of sp³-hybridized carbons (Fsp3) is 0.476. The first-order valence-corrected chi connectivity index (χ1v) is 9.81. The number of carbonyl (C=O) groups is 1. The summed E-state index contributed by atoms with van der Waals surface area (Å²) in [6.45, 7) is 0.648. The van der Waals surface area contributed by atoms with Crippen LogP contribution < -0.4 is 9.47 Å². The average molecular weight is 381 g/mol. The lowest BCUT2D eigenvalue weighted by atomic mass is 9.86. The number of hydrogen-bond donors (Lipinski definition) is 1. The predicted octanol–water partition coefficient (Wildman–Crippen LogP) is 3.83. The van der Waals surface area contributed by atoms with E-state index in [0.29, 0.717) is 35.5 Å². The molecule has 7 heteroatoms. The largest absolute Gasteiger partial charge is 0.489 e. The molecule has 0 aromatic carbocycles. The van der Waals surface area contributed by atoms with E-state index in [1.807, 2.05) is 12.1 Å². The molecular weight excluding hydrogens is 358 g/mol. The van der Waals surface area contributed by atoms with Crippen molar-refractivity contribution >= 4 is 17.7 Å². The molecule has 146 valence electrons. The van der Waals surface area contributed by atoms with Crippen molar-refractivity contribution in [1.29, 1.82) is 5.26 Å². The first-order valence-electron chi connectivity index (χ1n) is 9.81. The number of hydrogen-bond acceptors (Lipinski definition) is 5. The fourth-order valence-electron chi connectivity index (χ4n) is 3.68. The first kappa shape index (κ1) is 18.4. The summed E-state index contributed by atoms with van der Waals surface area (Å²) in [4.78, 5) is 16.0. The van der Waals surface area contributed by atoms with Gasteiger partial charge in [-0.2, -0.15) is 10.2 Å². The Bertz CT molecular complexity index is 946. The minimum absolute atomic E-state index is 0.0618. The van der Waals surface area contributed by atoms with Crippen LogP contribution in [0.2, 0.25) is 0 Å². The summed E-state index contributed by atoms with van der Waals surface area (Å²) in [5.41, 5.74) is 0.664.